The van der Waals surface area contributed by atoms with E-state index in [1.165, 1.54) is 11.1 Å². The van der Waals surface area contributed by atoms with E-state index in [0.717, 1.165) is 71.9 Å². The molecular weight excluding hydrogens is 450 g/mol. The molecule has 1 saturated heterocycles. The Morgan fingerprint density at radius 1 is 1.19 bits per heavy atom. The van der Waals surface area contributed by atoms with Gasteiger partial charge in [-0.1, -0.05) is 30.8 Å². The van der Waals surface area contributed by atoms with Crippen LogP contribution in [0.1, 0.15) is 47.0 Å². The summed E-state index contributed by atoms with van der Waals surface area (Å²) in [5.41, 5.74) is 14.4. The number of nitrogens with one attached hydrogen (secondary N) is 1. The van der Waals surface area contributed by atoms with Crippen molar-refractivity contribution in [3.05, 3.63) is 83.6 Å². The van der Waals surface area contributed by atoms with Crippen LogP contribution in [0.4, 0.5) is 5.95 Å². The van der Waals surface area contributed by atoms with E-state index in [0.29, 0.717) is 5.65 Å². The molecule has 1 aromatic carbocycles. The van der Waals surface area contributed by atoms with Crippen LogP contribution in [-0.4, -0.2) is 47.9 Å². The van der Waals surface area contributed by atoms with Crippen LogP contribution in [-0.2, 0) is 6.42 Å². The standard InChI is InChI=1S/C27H27N9/c1-16-13-18(7-10-29-16)17(2)22-21-24(33-32-22)31-26(36-15-30-34-25(21)36)35-11-8-27(9-12-35)14-19-5-3-4-6-20(19)23(27)28/h3-7,10,13,15,23H,2,8-9,11-12,14,28H2,1H3,(H,32,33)/t23-/m1/s1. The largest absolute Gasteiger partial charge is 0.342 e. The summed E-state index contributed by atoms with van der Waals surface area (Å²) in [6.45, 7) is 8.02. The van der Waals surface area contributed by atoms with Crippen LogP contribution in [0.2, 0.25) is 0 Å². The van der Waals surface area contributed by atoms with Gasteiger partial charge in [0.1, 0.15) is 12.0 Å². The number of piperidine rings is 1. The third-order valence-corrected chi connectivity index (χ3v) is 8.11. The zero-order chi connectivity index (χ0) is 24.4. The van der Waals surface area contributed by atoms with Crippen LogP contribution in [0.3, 0.4) is 0 Å². The monoisotopic (exact) mass is 477 g/mol. The predicted octanol–water partition coefficient (Wildman–Crippen LogP) is 3.61. The summed E-state index contributed by atoms with van der Waals surface area (Å²) in [7, 11) is 0. The smallest absolute Gasteiger partial charge is 0.214 e. The number of aryl methyl sites for hydroxylation is 1. The molecule has 180 valence electrons. The maximum Gasteiger partial charge on any atom is 0.214 e. The number of hydrogen-bond acceptors (Lipinski definition) is 7. The Morgan fingerprint density at radius 2 is 2.03 bits per heavy atom. The number of rotatable bonds is 3. The number of hydrogen-bond donors (Lipinski definition) is 2. The van der Waals surface area contributed by atoms with Crippen LogP contribution in [0, 0.1) is 12.3 Å². The summed E-state index contributed by atoms with van der Waals surface area (Å²) >= 11 is 0. The molecule has 9 heteroatoms. The summed E-state index contributed by atoms with van der Waals surface area (Å²) in [5, 5.41) is 17.2. The van der Waals surface area contributed by atoms with Gasteiger partial charge in [0.25, 0.3) is 0 Å². The van der Waals surface area contributed by atoms with Crippen molar-refractivity contribution < 1.29 is 0 Å². The molecule has 3 N–H and O–H groups in total. The highest BCUT2D eigenvalue weighted by Gasteiger charge is 2.46. The fraction of sp³-hybridized carbons (Fsp3) is 0.296. The summed E-state index contributed by atoms with van der Waals surface area (Å²) < 4.78 is 1.97. The van der Waals surface area contributed by atoms with Crippen LogP contribution < -0.4 is 10.6 Å². The van der Waals surface area contributed by atoms with Gasteiger partial charge in [0.15, 0.2) is 11.3 Å². The molecule has 9 nitrogen and oxygen atoms in total. The highest BCUT2D eigenvalue weighted by atomic mass is 15.4. The predicted molar refractivity (Wildman–Crippen MR) is 138 cm³/mol. The maximum absolute atomic E-state index is 6.79. The van der Waals surface area contributed by atoms with Gasteiger partial charge in [0.05, 0.1) is 5.39 Å². The van der Waals surface area contributed by atoms with Crippen molar-refractivity contribution in [2.24, 2.45) is 11.1 Å². The molecule has 0 unspecified atom stereocenters. The first-order chi connectivity index (χ1) is 17.5. The van der Waals surface area contributed by atoms with Crippen molar-refractivity contribution in [3.8, 4) is 0 Å². The molecule has 1 spiro atoms. The van der Waals surface area contributed by atoms with Gasteiger partial charge in [0, 0.05) is 36.6 Å². The number of benzene rings is 1. The molecule has 2 aliphatic rings. The van der Waals surface area contributed by atoms with Crippen molar-refractivity contribution in [2.75, 3.05) is 18.0 Å². The minimum atomic E-state index is 0.0826. The van der Waals surface area contributed by atoms with E-state index in [9.17, 15) is 0 Å². The minimum absolute atomic E-state index is 0.0826. The summed E-state index contributed by atoms with van der Waals surface area (Å²) in [6.07, 6.45) is 6.59. The normalized spacial score (nSPS) is 18.8. The number of H-pyrrole nitrogens is 1. The van der Waals surface area contributed by atoms with Gasteiger partial charge in [-0.15, -0.1) is 10.2 Å². The van der Waals surface area contributed by atoms with Crippen LogP contribution >= 0.6 is 0 Å². The Kier molecular flexibility index (Phi) is 4.53. The summed E-state index contributed by atoms with van der Waals surface area (Å²) in [5.74, 6) is 0.821. The Bertz CT molecular complexity index is 1640. The zero-order valence-electron chi connectivity index (χ0n) is 20.1. The summed E-state index contributed by atoms with van der Waals surface area (Å²) in [6, 6.07) is 12.6. The first kappa shape index (κ1) is 21.2. The van der Waals surface area contributed by atoms with E-state index in [-0.39, 0.29) is 11.5 Å². The molecule has 0 bridgehead atoms. The number of aromatic amines is 1. The van der Waals surface area contributed by atoms with Crippen molar-refractivity contribution in [1.29, 1.82) is 0 Å². The van der Waals surface area contributed by atoms with Gasteiger partial charge in [-0.25, -0.2) is 0 Å². The first-order valence-electron chi connectivity index (χ1n) is 12.3. The van der Waals surface area contributed by atoms with Crippen LogP contribution in [0.25, 0.3) is 22.3 Å². The second-order valence-corrected chi connectivity index (χ2v) is 10.1. The molecule has 0 amide bonds. The Morgan fingerprint density at radius 3 is 2.83 bits per heavy atom. The Balaban J connectivity index is 1.23. The Labute approximate surface area is 208 Å². The van der Waals surface area contributed by atoms with Crippen LogP contribution in [0.15, 0.2) is 55.5 Å². The quantitative estimate of drug-likeness (QED) is 0.408. The second kappa shape index (κ2) is 7.69. The van der Waals surface area contributed by atoms with Crippen molar-refractivity contribution >= 4 is 28.2 Å². The average Bonchev–Trinajstić information content (AvgIpc) is 3.61. The molecule has 4 aromatic heterocycles. The van der Waals surface area contributed by atoms with Gasteiger partial charge < -0.3 is 10.6 Å². The fourth-order valence-corrected chi connectivity index (χ4v) is 6.10. The lowest BCUT2D eigenvalue weighted by atomic mass is 9.73. The third-order valence-electron chi connectivity index (χ3n) is 8.11. The molecule has 1 aliphatic heterocycles. The average molecular weight is 478 g/mol. The molecule has 1 atom stereocenters. The van der Waals surface area contributed by atoms with Crippen molar-refractivity contribution in [2.45, 2.75) is 32.2 Å². The Hall–Kier alpha value is -4.11. The van der Waals surface area contributed by atoms with E-state index in [1.54, 1.807) is 12.5 Å². The molecule has 0 saturated carbocycles. The van der Waals surface area contributed by atoms with Gasteiger partial charge >= 0.3 is 0 Å². The van der Waals surface area contributed by atoms with Crippen molar-refractivity contribution in [3.63, 3.8) is 0 Å². The van der Waals surface area contributed by atoms with Gasteiger partial charge in [-0.2, -0.15) is 10.1 Å². The maximum atomic E-state index is 6.79. The number of nitrogens with two attached hydrogens (primary N) is 1. The summed E-state index contributed by atoms with van der Waals surface area (Å²) in [4.78, 5) is 11.6. The number of nitrogens with zero attached hydrogens (tertiary/aromatic N) is 7. The number of anilines is 1. The second-order valence-electron chi connectivity index (χ2n) is 10.1. The third kappa shape index (κ3) is 3.02. The fourth-order valence-electron chi connectivity index (χ4n) is 6.10. The highest BCUT2D eigenvalue weighted by Crippen LogP contribution is 2.51. The molecular formula is C27H27N9. The molecule has 1 aliphatic carbocycles. The lowest BCUT2D eigenvalue weighted by molar-refractivity contribution is 0.187. The van der Waals surface area contributed by atoms with Gasteiger partial charge in [0.2, 0.25) is 5.95 Å². The first-order valence-corrected chi connectivity index (χ1v) is 12.3. The molecule has 1 fully saturated rings. The molecule has 5 aromatic rings. The lowest BCUT2D eigenvalue weighted by Crippen LogP contribution is -2.45. The molecule has 5 heterocycles. The van der Waals surface area contributed by atoms with E-state index in [2.05, 4.69) is 61.1 Å². The SMILES string of the molecule is C=C(c1ccnc(C)c1)c1n[nH]c2nc(N3CCC4(CC3)Cc3ccccc3[C@H]4N)n3cnnc3c12. The van der Waals surface area contributed by atoms with E-state index < -0.39 is 0 Å². The van der Waals surface area contributed by atoms with E-state index in [1.807, 2.05) is 23.5 Å². The van der Waals surface area contributed by atoms with E-state index >= 15 is 0 Å². The molecule has 0 radical (unpaired) electrons. The van der Waals surface area contributed by atoms with Gasteiger partial charge in [-0.3, -0.25) is 14.5 Å². The molecule has 36 heavy (non-hydrogen) atoms. The number of pyridine rings is 1. The van der Waals surface area contributed by atoms with Crippen molar-refractivity contribution in [1.82, 2.24) is 34.8 Å². The molecule has 7 rings (SSSR count). The van der Waals surface area contributed by atoms with Gasteiger partial charge in [-0.05, 0) is 60.4 Å². The number of aromatic nitrogens is 7. The van der Waals surface area contributed by atoms with E-state index in [4.69, 9.17) is 10.7 Å². The number of fused-ring (bicyclic) bond motifs is 4. The minimum Gasteiger partial charge on any atom is -0.342 e. The van der Waals surface area contributed by atoms with Crippen LogP contribution in [0.5, 0.6) is 0 Å². The lowest BCUT2D eigenvalue weighted by Gasteiger charge is -2.42. The highest BCUT2D eigenvalue weighted by molar-refractivity contribution is 6.01. The zero-order valence-corrected chi connectivity index (χ0v) is 20.1. The topological polar surface area (TPSA) is 114 Å².